The molecule has 0 bridgehead atoms. The second-order valence-corrected chi connectivity index (χ2v) is 6.49. The molecule has 8 nitrogen and oxygen atoms in total. The third-order valence-electron chi connectivity index (χ3n) is 3.39. The first-order valence-corrected chi connectivity index (χ1v) is 8.92. The highest BCUT2D eigenvalue weighted by atomic mass is 35.5. The third-order valence-corrected chi connectivity index (χ3v) is 4.41. The molecule has 0 spiro atoms. The maximum absolute atomic E-state index is 12.6. The minimum absolute atomic E-state index is 0.0478. The number of nitrogens with one attached hydrogen (secondary N) is 2. The zero-order valence-electron chi connectivity index (χ0n) is 13.9. The molecule has 0 saturated carbocycles. The van der Waals surface area contributed by atoms with Crippen molar-refractivity contribution in [3.8, 4) is 5.75 Å². The number of anilines is 5. The lowest BCUT2D eigenvalue weighted by Gasteiger charge is -2.13. The number of nitrogens with zero attached hydrogens (tertiary/aromatic N) is 2. The number of thiophene rings is 1. The molecule has 28 heavy (non-hydrogen) atoms. The molecule has 3 rings (SSSR count). The molecule has 1 aromatic carbocycles. The summed E-state index contributed by atoms with van der Waals surface area (Å²) < 4.78 is 29.7. The Bertz CT molecular complexity index is 1020. The number of carbonyl (C=O) groups excluding carboxylic acids is 1. The number of amides is 1. The molecular formula is C16H13ClF2N6O2S. The predicted octanol–water partition coefficient (Wildman–Crippen LogP) is 3.96. The van der Waals surface area contributed by atoms with Gasteiger partial charge >= 0.3 is 6.61 Å². The molecule has 0 aliphatic rings. The number of alkyl halides is 2. The van der Waals surface area contributed by atoms with Crippen molar-refractivity contribution >= 4 is 57.7 Å². The number of aromatic nitrogens is 2. The predicted molar refractivity (Wildman–Crippen MR) is 104 cm³/mol. The van der Waals surface area contributed by atoms with Gasteiger partial charge in [-0.05, 0) is 12.1 Å². The molecule has 0 atom stereocenters. The lowest BCUT2D eigenvalue weighted by molar-refractivity contribution is -0.0493. The van der Waals surface area contributed by atoms with E-state index in [-0.39, 0.29) is 39.5 Å². The number of hydrogen-bond donors (Lipinski definition) is 4. The summed E-state index contributed by atoms with van der Waals surface area (Å²) in [6.45, 7) is -3.03. The Morgan fingerprint density at radius 1 is 1.25 bits per heavy atom. The van der Waals surface area contributed by atoms with E-state index in [0.29, 0.717) is 5.69 Å². The van der Waals surface area contributed by atoms with E-state index >= 15 is 0 Å². The average molecular weight is 427 g/mol. The number of nitrogen functional groups attached to an aromatic ring is 1. The number of benzene rings is 1. The van der Waals surface area contributed by atoms with Gasteiger partial charge < -0.3 is 26.8 Å². The van der Waals surface area contributed by atoms with Crippen molar-refractivity contribution in [1.29, 1.82) is 0 Å². The van der Waals surface area contributed by atoms with Crippen molar-refractivity contribution in [2.75, 3.05) is 16.4 Å². The van der Waals surface area contributed by atoms with Gasteiger partial charge in [0.1, 0.15) is 5.02 Å². The van der Waals surface area contributed by atoms with Crippen LogP contribution in [0.15, 0.2) is 35.2 Å². The average Bonchev–Trinajstić information content (AvgIpc) is 3.08. The van der Waals surface area contributed by atoms with Gasteiger partial charge in [-0.2, -0.15) is 13.8 Å². The van der Waals surface area contributed by atoms with Crippen LogP contribution >= 0.6 is 22.9 Å². The highest BCUT2D eigenvalue weighted by molar-refractivity contribution is 7.08. The second-order valence-electron chi connectivity index (χ2n) is 5.34. The van der Waals surface area contributed by atoms with Crippen molar-refractivity contribution in [3.05, 3.63) is 45.7 Å². The van der Waals surface area contributed by atoms with Crippen molar-refractivity contribution < 1.29 is 18.3 Å². The van der Waals surface area contributed by atoms with Gasteiger partial charge in [0.25, 0.3) is 5.91 Å². The van der Waals surface area contributed by atoms with Crippen molar-refractivity contribution in [3.63, 3.8) is 0 Å². The molecule has 2 heterocycles. The van der Waals surface area contributed by atoms with E-state index in [1.54, 1.807) is 10.8 Å². The minimum Gasteiger partial charge on any atom is -0.433 e. The SMILES string of the molecule is NC(=O)c1cscc1Nc1nc(Nc2ccc(N)cc2OC(F)F)ncc1Cl. The van der Waals surface area contributed by atoms with Crippen molar-refractivity contribution in [1.82, 2.24) is 9.97 Å². The Labute approximate surface area is 166 Å². The van der Waals surface area contributed by atoms with Crippen LogP contribution < -0.4 is 26.8 Å². The zero-order valence-corrected chi connectivity index (χ0v) is 15.5. The monoisotopic (exact) mass is 426 g/mol. The molecule has 0 unspecified atom stereocenters. The summed E-state index contributed by atoms with van der Waals surface area (Å²) in [5.41, 5.74) is 12.1. The van der Waals surface area contributed by atoms with Gasteiger partial charge in [-0.1, -0.05) is 11.6 Å². The van der Waals surface area contributed by atoms with Gasteiger partial charge in [-0.15, -0.1) is 11.3 Å². The van der Waals surface area contributed by atoms with Crippen molar-refractivity contribution in [2.24, 2.45) is 5.73 Å². The first-order valence-electron chi connectivity index (χ1n) is 7.60. The normalized spacial score (nSPS) is 10.7. The summed E-state index contributed by atoms with van der Waals surface area (Å²) in [6, 6.07) is 4.19. The summed E-state index contributed by atoms with van der Waals surface area (Å²) in [4.78, 5) is 19.6. The van der Waals surface area contributed by atoms with Crippen LogP contribution in [0.1, 0.15) is 10.4 Å². The highest BCUT2D eigenvalue weighted by Gasteiger charge is 2.15. The molecule has 146 valence electrons. The first kappa shape index (κ1) is 19.6. The molecular weight excluding hydrogens is 414 g/mol. The van der Waals surface area contributed by atoms with Crippen LogP contribution in [0.2, 0.25) is 5.02 Å². The Kier molecular flexibility index (Phi) is 5.76. The number of hydrogen-bond acceptors (Lipinski definition) is 8. The fourth-order valence-electron chi connectivity index (χ4n) is 2.18. The molecule has 6 N–H and O–H groups in total. The molecule has 0 saturated heterocycles. The lowest BCUT2D eigenvalue weighted by atomic mass is 10.2. The first-order chi connectivity index (χ1) is 13.3. The van der Waals surface area contributed by atoms with Gasteiger partial charge in [0.15, 0.2) is 11.6 Å². The van der Waals surface area contributed by atoms with E-state index in [1.807, 2.05) is 0 Å². The number of ether oxygens (including phenoxy) is 1. The number of halogens is 3. The summed E-state index contributed by atoms with van der Waals surface area (Å²) in [5, 5.41) is 9.09. The molecule has 0 aliphatic heterocycles. The molecule has 2 aromatic heterocycles. The maximum Gasteiger partial charge on any atom is 0.387 e. The molecule has 3 aromatic rings. The van der Waals surface area contributed by atoms with Gasteiger partial charge in [-0.3, -0.25) is 4.79 Å². The minimum atomic E-state index is -3.03. The lowest BCUT2D eigenvalue weighted by Crippen LogP contribution is -2.12. The van der Waals surface area contributed by atoms with Crippen LogP contribution in [0.4, 0.5) is 37.6 Å². The zero-order chi connectivity index (χ0) is 20.3. The number of carbonyl (C=O) groups is 1. The quantitative estimate of drug-likeness (QED) is 0.421. The Morgan fingerprint density at radius 3 is 2.75 bits per heavy atom. The van der Waals surface area contributed by atoms with Gasteiger partial charge in [0.2, 0.25) is 5.95 Å². The van der Waals surface area contributed by atoms with Crippen LogP contribution in [0.3, 0.4) is 0 Å². The van der Waals surface area contributed by atoms with Crippen LogP contribution in [-0.2, 0) is 0 Å². The Hall–Kier alpha value is -3.18. The van der Waals surface area contributed by atoms with E-state index in [0.717, 1.165) is 0 Å². The van der Waals surface area contributed by atoms with Gasteiger partial charge in [0, 0.05) is 22.5 Å². The highest BCUT2D eigenvalue weighted by Crippen LogP contribution is 2.32. The van der Waals surface area contributed by atoms with Crippen LogP contribution in [-0.4, -0.2) is 22.5 Å². The summed E-state index contributed by atoms with van der Waals surface area (Å²) in [7, 11) is 0. The Morgan fingerprint density at radius 2 is 2.04 bits per heavy atom. The van der Waals surface area contributed by atoms with Crippen molar-refractivity contribution in [2.45, 2.75) is 6.61 Å². The second kappa shape index (κ2) is 8.23. The third kappa shape index (κ3) is 4.56. The summed E-state index contributed by atoms with van der Waals surface area (Å²) in [6.07, 6.45) is 1.31. The largest absolute Gasteiger partial charge is 0.433 e. The van der Waals surface area contributed by atoms with Gasteiger partial charge in [-0.25, -0.2) is 4.98 Å². The Balaban J connectivity index is 1.88. The molecule has 12 heteroatoms. The summed E-state index contributed by atoms with van der Waals surface area (Å²) in [5.74, 6) is -0.543. The van der Waals surface area contributed by atoms with E-state index in [9.17, 15) is 13.6 Å². The number of primary amides is 1. The van der Waals surface area contributed by atoms with Crippen LogP contribution in [0, 0.1) is 0 Å². The molecule has 0 radical (unpaired) electrons. The standard InChI is InChI=1S/C16H13ClF2N6O2S/c17-9-4-22-16(24-10-2-1-7(20)3-12(10)27-15(18)19)25-14(9)23-11-6-28-5-8(11)13(21)26/h1-6,15H,20H2,(H2,21,26)(H2,22,23,24,25). The van der Waals surface area contributed by atoms with Gasteiger partial charge in [0.05, 0.1) is 23.1 Å². The number of nitrogens with two attached hydrogens (primary N) is 2. The van der Waals surface area contributed by atoms with Crippen LogP contribution in [0.25, 0.3) is 0 Å². The summed E-state index contributed by atoms with van der Waals surface area (Å²) >= 11 is 7.37. The molecule has 0 aliphatic carbocycles. The maximum atomic E-state index is 12.6. The van der Waals surface area contributed by atoms with E-state index in [1.165, 1.54) is 35.7 Å². The number of rotatable bonds is 7. The van der Waals surface area contributed by atoms with Crippen LogP contribution in [0.5, 0.6) is 5.75 Å². The molecule has 0 fully saturated rings. The fraction of sp³-hybridized carbons (Fsp3) is 0.0625. The van der Waals surface area contributed by atoms with E-state index in [2.05, 4.69) is 25.3 Å². The van der Waals surface area contributed by atoms with E-state index < -0.39 is 12.5 Å². The smallest absolute Gasteiger partial charge is 0.387 e. The topological polar surface area (TPSA) is 128 Å². The fourth-order valence-corrected chi connectivity index (χ4v) is 3.09. The van der Waals surface area contributed by atoms with E-state index in [4.69, 9.17) is 23.1 Å². The molecule has 1 amide bonds.